The van der Waals surface area contributed by atoms with E-state index in [9.17, 15) is 0 Å². The van der Waals surface area contributed by atoms with Crippen LogP contribution in [0.4, 0.5) is 0 Å². The molecule has 0 radical (unpaired) electrons. The van der Waals surface area contributed by atoms with Crippen LogP contribution in [0.3, 0.4) is 0 Å². The first-order chi connectivity index (χ1) is 9.65. The topological polar surface area (TPSA) is 18.5 Å². The quantitative estimate of drug-likeness (QED) is 0.253. The lowest BCUT2D eigenvalue weighted by Gasteiger charge is -2.37. The van der Waals surface area contributed by atoms with Gasteiger partial charge < -0.3 is 9.16 Å². The van der Waals surface area contributed by atoms with Crippen molar-refractivity contribution >= 4 is 53.5 Å². The van der Waals surface area contributed by atoms with Crippen LogP contribution < -0.4 is 4.74 Å². The van der Waals surface area contributed by atoms with Gasteiger partial charge in [0, 0.05) is 20.5 Å². The van der Waals surface area contributed by atoms with Gasteiger partial charge in [-0.05, 0) is 65.0 Å². The Morgan fingerprint density at radius 1 is 1.10 bits per heavy atom. The van der Waals surface area contributed by atoms with Crippen LogP contribution in [0.25, 0.3) is 0 Å². The van der Waals surface area contributed by atoms with Crippen LogP contribution in [0, 0.1) is 9.49 Å². The maximum absolute atomic E-state index is 6.31. The van der Waals surface area contributed by atoms with Gasteiger partial charge in [0.25, 0.3) is 0 Å². The summed E-state index contributed by atoms with van der Waals surface area (Å²) in [6.45, 7) is 13.0. The van der Waals surface area contributed by atoms with Gasteiger partial charge in [-0.1, -0.05) is 43.4 Å². The van der Waals surface area contributed by atoms with Crippen molar-refractivity contribution in [1.82, 2.24) is 0 Å². The van der Waals surface area contributed by atoms with Crippen LogP contribution in [-0.2, 0) is 4.43 Å². The Bertz CT molecular complexity index is 427. The number of hydrogen-bond donors (Lipinski definition) is 0. The number of hydrogen-bond acceptors (Lipinski definition) is 2. The van der Waals surface area contributed by atoms with Crippen molar-refractivity contribution in [2.24, 2.45) is 5.92 Å². The molecular weight excluding hydrogens is 506 g/mol. The molecule has 0 aliphatic heterocycles. The average molecular weight is 532 g/mol. The molecule has 0 bridgehead atoms. The summed E-state index contributed by atoms with van der Waals surface area (Å²) in [6.07, 6.45) is 0. The van der Waals surface area contributed by atoms with E-state index in [0.717, 1.165) is 23.4 Å². The maximum Gasteiger partial charge on any atom is 0.191 e. The van der Waals surface area contributed by atoms with Gasteiger partial charge >= 0.3 is 0 Å². The molecule has 0 saturated carbocycles. The van der Waals surface area contributed by atoms with Gasteiger partial charge in [-0.2, -0.15) is 0 Å². The first kappa shape index (κ1) is 19.7. The number of benzene rings is 1. The van der Waals surface area contributed by atoms with Crippen LogP contribution >= 0.6 is 45.2 Å². The van der Waals surface area contributed by atoms with E-state index in [-0.39, 0.29) is 5.04 Å². The molecule has 0 saturated heterocycles. The van der Waals surface area contributed by atoms with E-state index in [1.165, 1.54) is 3.57 Å². The lowest BCUT2D eigenvalue weighted by atomic mass is 10.2. The summed E-state index contributed by atoms with van der Waals surface area (Å²) < 4.78 is 14.5. The summed E-state index contributed by atoms with van der Waals surface area (Å²) >= 11 is 4.73. The number of rotatable bonds is 7. The zero-order chi connectivity index (χ0) is 16.1. The van der Waals surface area contributed by atoms with E-state index in [1.54, 1.807) is 0 Å². The molecule has 1 rings (SSSR count). The molecule has 0 N–H and O–H groups in total. The Kier molecular flexibility index (Phi) is 7.97. The third-order valence-electron chi connectivity index (χ3n) is 4.00. The van der Waals surface area contributed by atoms with Crippen LogP contribution in [0.1, 0.15) is 20.8 Å². The van der Waals surface area contributed by atoms with E-state index in [1.807, 2.05) is 12.1 Å². The lowest BCUT2D eigenvalue weighted by Crippen LogP contribution is -2.42. The van der Waals surface area contributed by atoms with Crippen LogP contribution in [0.15, 0.2) is 24.3 Å². The van der Waals surface area contributed by atoms with Crippen LogP contribution in [0.2, 0.25) is 18.1 Å². The molecule has 1 aromatic carbocycles. The Balaban J connectivity index is 2.47. The van der Waals surface area contributed by atoms with Crippen LogP contribution in [0.5, 0.6) is 5.75 Å². The Morgan fingerprint density at radius 2 is 1.67 bits per heavy atom. The van der Waals surface area contributed by atoms with Crippen molar-refractivity contribution in [3.63, 3.8) is 0 Å². The first-order valence-corrected chi connectivity index (χ1v) is 12.8. The summed E-state index contributed by atoms with van der Waals surface area (Å²) in [7, 11) is -1.66. The zero-order valence-corrected chi connectivity index (χ0v) is 18.9. The highest BCUT2D eigenvalue weighted by Gasteiger charge is 2.37. The van der Waals surface area contributed by atoms with Crippen molar-refractivity contribution in [3.05, 3.63) is 27.8 Å². The van der Waals surface area contributed by atoms with E-state index in [2.05, 4.69) is 91.2 Å². The van der Waals surface area contributed by atoms with Gasteiger partial charge in [0.15, 0.2) is 8.32 Å². The van der Waals surface area contributed by atoms with Crippen molar-refractivity contribution < 1.29 is 9.16 Å². The molecule has 0 aliphatic rings. The molecule has 0 spiro atoms. The summed E-state index contributed by atoms with van der Waals surface area (Å²) in [6, 6.07) is 8.20. The standard InChI is InChI=1S/C16H26I2O2Si/c1-16(2,3)21(4,5)20-12-13(10-17)11-19-15-8-6-14(18)7-9-15/h6-9,13H,10-12H2,1-5H3. The minimum absolute atomic E-state index is 0.264. The largest absolute Gasteiger partial charge is 0.493 e. The molecule has 0 amide bonds. The van der Waals surface area contributed by atoms with E-state index in [0.29, 0.717) is 5.92 Å². The Labute approximate surface area is 157 Å². The van der Waals surface area contributed by atoms with Crippen molar-refractivity contribution in [2.75, 3.05) is 17.6 Å². The molecule has 0 aliphatic carbocycles. The molecule has 1 aromatic rings. The smallest absolute Gasteiger partial charge is 0.191 e. The fraction of sp³-hybridized carbons (Fsp3) is 0.625. The highest BCUT2D eigenvalue weighted by atomic mass is 127. The fourth-order valence-electron chi connectivity index (χ4n) is 1.42. The zero-order valence-electron chi connectivity index (χ0n) is 13.6. The van der Waals surface area contributed by atoms with Crippen molar-refractivity contribution in [1.29, 1.82) is 0 Å². The van der Waals surface area contributed by atoms with E-state index >= 15 is 0 Å². The summed E-state index contributed by atoms with van der Waals surface area (Å²) in [5.74, 6) is 1.39. The monoisotopic (exact) mass is 532 g/mol. The predicted octanol–water partition coefficient (Wildman–Crippen LogP) is 5.74. The lowest BCUT2D eigenvalue weighted by molar-refractivity contribution is 0.181. The highest BCUT2D eigenvalue weighted by molar-refractivity contribution is 14.1. The minimum Gasteiger partial charge on any atom is -0.493 e. The van der Waals surface area contributed by atoms with Gasteiger partial charge in [0.05, 0.1) is 6.61 Å². The maximum atomic E-state index is 6.31. The predicted molar refractivity (Wildman–Crippen MR) is 110 cm³/mol. The molecule has 2 nitrogen and oxygen atoms in total. The van der Waals surface area contributed by atoms with Gasteiger partial charge in [-0.25, -0.2) is 0 Å². The second-order valence-electron chi connectivity index (χ2n) is 6.86. The highest BCUT2D eigenvalue weighted by Crippen LogP contribution is 2.36. The van der Waals surface area contributed by atoms with Crippen molar-refractivity contribution in [2.45, 2.75) is 38.9 Å². The summed E-state index contributed by atoms with van der Waals surface area (Å²) in [5, 5.41) is 0.264. The Hall–Kier alpha value is 0.657. The average Bonchev–Trinajstić information content (AvgIpc) is 2.39. The van der Waals surface area contributed by atoms with E-state index < -0.39 is 8.32 Å². The number of halogens is 2. The molecule has 21 heavy (non-hydrogen) atoms. The van der Waals surface area contributed by atoms with Crippen molar-refractivity contribution in [3.8, 4) is 5.75 Å². The third-order valence-corrected chi connectivity index (χ3v) is 10.5. The Morgan fingerprint density at radius 3 is 2.14 bits per heavy atom. The molecule has 1 unspecified atom stereocenters. The number of alkyl halides is 1. The first-order valence-electron chi connectivity index (χ1n) is 7.24. The third kappa shape index (κ3) is 6.74. The number of ether oxygens (including phenoxy) is 1. The summed E-state index contributed by atoms with van der Waals surface area (Å²) in [4.78, 5) is 0. The van der Waals surface area contributed by atoms with Crippen LogP contribution in [-0.4, -0.2) is 26.0 Å². The normalized spacial score (nSPS) is 14.0. The van der Waals surface area contributed by atoms with Gasteiger partial charge in [0.2, 0.25) is 0 Å². The van der Waals surface area contributed by atoms with Gasteiger partial charge in [-0.3, -0.25) is 0 Å². The second-order valence-corrected chi connectivity index (χ2v) is 13.8. The van der Waals surface area contributed by atoms with Gasteiger partial charge in [0.1, 0.15) is 5.75 Å². The molecular formula is C16H26I2O2Si. The molecule has 0 heterocycles. The minimum atomic E-state index is -1.66. The second kappa shape index (κ2) is 8.49. The molecule has 120 valence electrons. The molecule has 5 heteroatoms. The SMILES string of the molecule is CC(C)(C)[Si](C)(C)OCC(CI)COc1ccc(I)cc1. The molecule has 1 atom stereocenters. The molecule has 0 aromatic heterocycles. The van der Waals surface area contributed by atoms with Gasteiger partial charge in [-0.15, -0.1) is 0 Å². The summed E-state index contributed by atoms with van der Waals surface area (Å²) in [5.41, 5.74) is 0. The molecule has 0 fully saturated rings. The van der Waals surface area contributed by atoms with E-state index in [4.69, 9.17) is 9.16 Å². The fourth-order valence-corrected chi connectivity index (χ4v) is 3.38.